The first-order valence-corrected chi connectivity index (χ1v) is 7.42. The molecule has 100 valence electrons. The summed E-state index contributed by atoms with van der Waals surface area (Å²) in [5, 5.41) is 5.24. The number of hydrogen-bond donors (Lipinski definition) is 1. The molecule has 0 aromatic heterocycles. The van der Waals surface area contributed by atoms with E-state index in [4.69, 9.17) is 26.2 Å². The molecule has 0 unspecified atom stereocenters. The highest BCUT2D eigenvalue weighted by molar-refractivity contribution is 7.89. The summed E-state index contributed by atoms with van der Waals surface area (Å²) in [6.07, 6.45) is 0.965. The summed E-state index contributed by atoms with van der Waals surface area (Å²) in [5.74, 6) is 0.815. The minimum Gasteiger partial charge on any atom is -0.492 e. The number of nitrogens with two attached hydrogens (primary N) is 1. The molecule has 1 atom stereocenters. The van der Waals surface area contributed by atoms with Crippen LogP contribution in [0.25, 0.3) is 0 Å². The Morgan fingerprint density at radius 3 is 2.83 bits per heavy atom. The molecule has 2 N–H and O–H groups in total. The molecule has 0 saturated carbocycles. The van der Waals surface area contributed by atoms with Crippen molar-refractivity contribution in [3.8, 4) is 5.75 Å². The van der Waals surface area contributed by atoms with E-state index in [9.17, 15) is 8.42 Å². The topological polar surface area (TPSA) is 78.6 Å². The van der Waals surface area contributed by atoms with Gasteiger partial charge in [0.2, 0.25) is 10.0 Å². The van der Waals surface area contributed by atoms with Crippen LogP contribution in [0.4, 0.5) is 0 Å². The summed E-state index contributed by atoms with van der Waals surface area (Å²) < 4.78 is 33.0. The number of halogens is 1. The van der Waals surface area contributed by atoms with Crippen LogP contribution in [0.3, 0.4) is 0 Å². The minimum atomic E-state index is -3.73. The number of rotatable bonds is 4. The lowest BCUT2D eigenvalue weighted by Crippen LogP contribution is -2.13. The lowest BCUT2D eigenvalue weighted by molar-refractivity contribution is 0.167. The van der Waals surface area contributed by atoms with Crippen molar-refractivity contribution in [3.05, 3.63) is 23.2 Å². The average Bonchev–Trinajstić information content (AvgIpc) is 2.79. The quantitative estimate of drug-likeness (QED) is 0.909. The maximum Gasteiger partial charge on any atom is 0.238 e. The standard InChI is InChI=1S/C11H14ClNO4S/c12-10-5-9(18(13,14)15)1-2-11(10)17-7-8-3-4-16-6-8/h1-2,5,8H,3-4,6-7H2,(H2,13,14,15)/t8-/m1/s1. The predicted molar refractivity (Wildman–Crippen MR) is 67.2 cm³/mol. The van der Waals surface area contributed by atoms with Crippen molar-refractivity contribution in [2.75, 3.05) is 19.8 Å². The third-order valence-corrected chi connectivity index (χ3v) is 3.94. The molecule has 18 heavy (non-hydrogen) atoms. The zero-order chi connectivity index (χ0) is 13.2. The molecule has 1 aliphatic rings. The van der Waals surface area contributed by atoms with Crippen LogP contribution in [0.5, 0.6) is 5.75 Å². The molecule has 0 radical (unpaired) electrons. The highest BCUT2D eigenvalue weighted by atomic mass is 35.5. The van der Waals surface area contributed by atoms with Crippen LogP contribution in [0, 0.1) is 5.92 Å². The monoisotopic (exact) mass is 291 g/mol. The van der Waals surface area contributed by atoms with Crippen LogP contribution in [0.1, 0.15) is 6.42 Å². The zero-order valence-electron chi connectivity index (χ0n) is 9.63. The smallest absolute Gasteiger partial charge is 0.238 e. The van der Waals surface area contributed by atoms with Gasteiger partial charge in [-0.2, -0.15) is 0 Å². The van der Waals surface area contributed by atoms with E-state index in [1.165, 1.54) is 18.2 Å². The lowest BCUT2D eigenvalue weighted by atomic mass is 10.1. The first-order chi connectivity index (χ1) is 8.47. The second-order valence-electron chi connectivity index (χ2n) is 4.18. The number of primary sulfonamides is 1. The molecule has 1 aromatic rings. The number of benzene rings is 1. The molecule has 1 aliphatic heterocycles. The second kappa shape index (κ2) is 5.44. The van der Waals surface area contributed by atoms with E-state index in [-0.39, 0.29) is 9.92 Å². The zero-order valence-corrected chi connectivity index (χ0v) is 11.2. The third-order valence-electron chi connectivity index (χ3n) is 2.73. The fourth-order valence-electron chi connectivity index (χ4n) is 1.70. The molecule has 0 amide bonds. The van der Waals surface area contributed by atoms with E-state index in [1.54, 1.807) is 0 Å². The first kappa shape index (κ1) is 13.6. The molecule has 0 bridgehead atoms. The Kier molecular flexibility index (Phi) is 4.11. The van der Waals surface area contributed by atoms with Gasteiger partial charge < -0.3 is 9.47 Å². The van der Waals surface area contributed by atoms with Gasteiger partial charge in [-0.15, -0.1) is 0 Å². The van der Waals surface area contributed by atoms with E-state index in [2.05, 4.69) is 0 Å². The van der Waals surface area contributed by atoms with Crippen molar-refractivity contribution in [1.29, 1.82) is 0 Å². The summed E-state index contributed by atoms with van der Waals surface area (Å²) in [6, 6.07) is 4.18. The predicted octanol–water partition coefficient (Wildman–Crippen LogP) is 1.40. The van der Waals surface area contributed by atoms with Crippen LogP contribution >= 0.6 is 11.6 Å². The van der Waals surface area contributed by atoms with E-state index >= 15 is 0 Å². The van der Waals surface area contributed by atoms with E-state index in [0.29, 0.717) is 24.9 Å². The number of sulfonamides is 1. The van der Waals surface area contributed by atoms with Crippen LogP contribution < -0.4 is 9.88 Å². The molecule has 5 nitrogen and oxygen atoms in total. The Morgan fingerprint density at radius 1 is 1.50 bits per heavy atom. The molecule has 1 saturated heterocycles. The van der Waals surface area contributed by atoms with Gasteiger partial charge in [0, 0.05) is 12.5 Å². The highest BCUT2D eigenvalue weighted by Gasteiger charge is 2.17. The largest absolute Gasteiger partial charge is 0.492 e. The molecule has 7 heteroatoms. The van der Waals surface area contributed by atoms with Gasteiger partial charge in [0.05, 0.1) is 23.1 Å². The van der Waals surface area contributed by atoms with Gasteiger partial charge in [-0.25, -0.2) is 13.6 Å². The van der Waals surface area contributed by atoms with Gasteiger partial charge >= 0.3 is 0 Å². The van der Waals surface area contributed by atoms with Crippen molar-refractivity contribution in [2.24, 2.45) is 11.1 Å². The van der Waals surface area contributed by atoms with Crippen molar-refractivity contribution < 1.29 is 17.9 Å². The Bertz CT molecular complexity index is 526. The molecule has 1 aromatic carbocycles. The fourth-order valence-corrected chi connectivity index (χ4v) is 2.54. The third kappa shape index (κ3) is 3.35. The SMILES string of the molecule is NS(=O)(=O)c1ccc(OC[C@@H]2CCOC2)c(Cl)c1. The summed E-state index contributed by atoms with van der Waals surface area (Å²) >= 11 is 5.94. The summed E-state index contributed by atoms with van der Waals surface area (Å²) in [4.78, 5) is -0.0240. The summed E-state index contributed by atoms with van der Waals surface area (Å²) in [6.45, 7) is 1.95. The van der Waals surface area contributed by atoms with E-state index in [1.807, 2.05) is 0 Å². The first-order valence-electron chi connectivity index (χ1n) is 5.50. The van der Waals surface area contributed by atoms with Crippen molar-refractivity contribution in [3.63, 3.8) is 0 Å². The van der Waals surface area contributed by atoms with Crippen LogP contribution in [0.15, 0.2) is 23.1 Å². The number of hydrogen-bond acceptors (Lipinski definition) is 4. The Hall–Kier alpha value is -0.820. The normalized spacial score (nSPS) is 20.0. The van der Waals surface area contributed by atoms with Crippen molar-refractivity contribution in [1.82, 2.24) is 0 Å². The number of ether oxygens (including phenoxy) is 2. The van der Waals surface area contributed by atoms with Gasteiger partial charge in [-0.1, -0.05) is 11.6 Å². The lowest BCUT2D eigenvalue weighted by Gasteiger charge is -2.12. The van der Waals surface area contributed by atoms with Crippen molar-refractivity contribution in [2.45, 2.75) is 11.3 Å². The molecule has 1 fully saturated rings. The Morgan fingerprint density at radius 2 is 2.28 bits per heavy atom. The van der Waals surface area contributed by atoms with E-state index in [0.717, 1.165) is 13.0 Å². The Labute approximate surface area is 111 Å². The van der Waals surface area contributed by atoms with Crippen LogP contribution in [-0.4, -0.2) is 28.2 Å². The van der Waals surface area contributed by atoms with Crippen molar-refractivity contribution >= 4 is 21.6 Å². The highest BCUT2D eigenvalue weighted by Crippen LogP contribution is 2.27. The molecular formula is C11H14ClNO4S. The van der Waals surface area contributed by atoms with Gasteiger partial charge in [0.15, 0.2) is 0 Å². The van der Waals surface area contributed by atoms with Gasteiger partial charge in [0.25, 0.3) is 0 Å². The maximum absolute atomic E-state index is 11.1. The second-order valence-corrected chi connectivity index (χ2v) is 6.15. The molecule has 0 aliphatic carbocycles. The van der Waals surface area contributed by atoms with Gasteiger partial charge in [-0.05, 0) is 24.6 Å². The van der Waals surface area contributed by atoms with Crippen LogP contribution in [0.2, 0.25) is 5.02 Å². The van der Waals surface area contributed by atoms with E-state index < -0.39 is 10.0 Å². The van der Waals surface area contributed by atoms with Gasteiger partial charge in [0.1, 0.15) is 5.75 Å². The Balaban J connectivity index is 2.05. The summed E-state index contributed by atoms with van der Waals surface area (Å²) in [7, 11) is -3.73. The molecular weight excluding hydrogens is 278 g/mol. The average molecular weight is 292 g/mol. The molecule has 2 rings (SSSR count). The fraction of sp³-hybridized carbons (Fsp3) is 0.455. The molecule has 1 heterocycles. The summed E-state index contributed by atoms with van der Waals surface area (Å²) in [5.41, 5.74) is 0. The molecule has 0 spiro atoms. The minimum absolute atomic E-state index is 0.0240. The maximum atomic E-state index is 11.1. The van der Waals surface area contributed by atoms with Gasteiger partial charge in [-0.3, -0.25) is 0 Å². The van der Waals surface area contributed by atoms with Crippen LogP contribution in [-0.2, 0) is 14.8 Å².